The van der Waals surface area contributed by atoms with Crippen molar-refractivity contribution in [3.63, 3.8) is 0 Å². The Kier molecular flexibility index (Phi) is 4.30. The maximum atomic E-state index is 11.1. The first kappa shape index (κ1) is 12.2. The van der Waals surface area contributed by atoms with E-state index < -0.39 is 0 Å². The third-order valence-electron chi connectivity index (χ3n) is 2.39. The summed E-state index contributed by atoms with van der Waals surface area (Å²) in [6, 6.07) is 7.55. The van der Waals surface area contributed by atoms with Crippen LogP contribution in [-0.4, -0.2) is 19.9 Å². The molecule has 3 heteroatoms. The molecule has 2 unspecified atom stereocenters. The van der Waals surface area contributed by atoms with Gasteiger partial charge in [0.25, 0.3) is 0 Å². The fraction of sp³-hybridized carbons (Fsp3) is 0.417. The Morgan fingerprint density at radius 3 is 2.13 bits per heavy atom. The van der Waals surface area contributed by atoms with Gasteiger partial charge in [-0.25, -0.2) is 0 Å². The van der Waals surface area contributed by atoms with Gasteiger partial charge in [0.2, 0.25) is 0 Å². The van der Waals surface area contributed by atoms with Crippen molar-refractivity contribution in [2.45, 2.75) is 12.8 Å². The van der Waals surface area contributed by atoms with E-state index in [1.54, 1.807) is 0 Å². The Bertz CT molecular complexity index is 351. The monoisotopic (exact) mass is 225 g/mol. The molecule has 1 N–H and O–H groups in total. The summed E-state index contributed by atoms with van der Waals surface area (Å²) in [4.78, 5) is 11.1. The summed E-state index contributed by atoms with van der Waals surface area (Å²) in [7, 11) is 3.75. The first-order valence-corrected chi connectivity index (χ1v) is 5.38. The molecule has 0 spiro atoms. The van der Waals surface area contributed by atoms with Gasteiger partial charge in [0, 0.05) is 10.9 Å². The van der Waals surface area contributed by atoms with Crippen LogP contribution in [0.15, 0.2) is 24.3 Å². The summed E-state index contributed by atoms with van der Waals surface area (Å²) in [6.45, 7) is 1.94. The molecule has 1 aromatic rings. The number of ketones is 1. The summed E-state index contributed by atoms with van der Waals surface area (Å²) >= 11 is 5.94. The average Bonchev–Trinajstić information content (AvgIpc) is 2.77. The van der Waals surface area contributed by atoms with Crippen molar-refractivity contribution in [2.24, 2.45) is 5.92 Å². The van der Waals surface area contributed by atoms with Crippen molar-refractivity contribution in [1.29, 1.82) is 0 Å². The minimum Gasteiger partial charge on any atom is -0.323 e. The summed E-state index contributed by atoms with van der Waals surface area (Å²) in [6.07, 6.45) is 0. The van der Waals surface area contributed by atoms with E-state index in [9.17, 15) is 4.79 Å². The SMILES string of the molecule is CC1C(=O)C1c1ccccc1Cl.CNC. The number of nitrogens with one attached hydrogen (secondary N) is 1. The second kappa shape index (κ2) is 5.29. The number of Topliss-reactive ketones (excluding diaryl/α,β-unsaturated/α-hetero) is 1. The highest BCUT2D eigenvalue weighted by atomic mass is 35.5. The third kappa shape index (κ3) is 2.80. The Morgan fingerprint density at radius 1 is 1.27 bits per heavy atom. The highest BCUT2D eigenvalue weighted by molar-refractivity contribution is 6.32. The molecule has 0 aromatic heterocycles. The molecule has 2 nitrogen and oxygen atoms in total. The van der Waals surface area contributed by atoms with Gasteiger partial charge >= 0.3 is 0 Å². The van der Waals surface area contributed by atoms with Crippen molar-refractivity contribution >= 4 is 17.4 Å². The molecule has 2 rings (SSSR count). The van der Waals surface area contributed by atoms with Gasteiger partial charge in [-0.2, -0.15) is 0 Å². The van der Waals surface area contributed by atoms with Crippen LogP contribution in [0.25, 0.3) is 0 Å². The summed E-state index contributed by atoms with van der Waals surface area (Å²) in [5, 5.41) is 3.46. The fourth-order valence-electron chi connectivity index (χ4n) is 1.51. The van der Waals surface area contributed by atoms with Crippen LogP contribution in [0.2, 0.25) is 5.02 Å². The maximum Gasteiger partial charge on any atom is 0.144 e. The predicted octanol–water partition coefficient (Wildman–Crippen LogP) is 2.48. The summed E-state index contributed by atoms with van der Waals surface area (Å²) in [5.41, 5.74) is 0.983. The predicted molar refractivity (Wildman–Crippen MR) is 63.3 cm³/mol. The fourth-order valence-corrected chi connectivity index (χ4v) is 1.77. The molecule has 1 aliphatic carbocycles. The molecule has 82 valence electrons. The van der Waals surface area contributed by atoms with E-state index in [1.165, 1.54) is 0 Å². The minimum absolute atomic E-state index is 0.0682. The topological polar surface area (TPSA) is 29.1 Å². The Hall–Kier alpha value is -0.860. The molecule has 0 bridgehead atoms. The molecule has 1 fully saturated rings. The van der Waals surface area contributed by atoms with Crippen LogP contribution in [0, 0.1) is 5.92 Å². The van der Waals surface area contributed by atoms with Gasteiger partial charge in [-0.05, 0) is 25.7 Å². The number of carbonyl (C=O) groups excluding carboxylic acids is 1. The number of carbonyl (C=O) groups is 1. The van der Waals surface area contributed by atoms with Crippen LogP contribution >= 0.6 is 11.6 Å². The lowest BCUT2D eigenvalue weighted by Crippen LogP contribution is -1.89. The quantitative estimate of drug-likeness (QED) is 0.796. The first-order valence-electron chi connectivity index (χ1n) is 5.00. The zero-order valence-electron chi connectivity index (χ0n) is 9.25. The normalized spacial score (nSPS) is 23.1. The van der Waals surface area contributed by atoms with Crippen LogP contribution in [0.3, 0.4) is 0 Å². The van der Waals surface area contributed by atoms with Gasteiger partial charge in [0.1, 0.15) is 5.78 Å². The molecule has 2 atom stereocenters. The molecule has 1 aromatic carbocycles. The van der Waals surface area contributed by atoms with E-state index in [0.29, 0.717) is 10.8 Å². The second-order valence-electron chi connectivity index (χ2n) is 3.69. The zero-order chi connectivity index (χ0) is 11.4. The summed E-state index contributed by atoms with van der Waals surface area (Å²) in [5.74, 6) is 0.548. The van der Waals surface area contributed by atoms with E-state index >= 15 is 0 Å². The van der Waals surface area contributed by atoms with Crippen molar-refractivity contribution in [2.75, 3.05) is 14.1 Å². The van der Waals surface area contributed by atoms with E-state index in [1.807, 2.05) is 45.3 Å². The smallest absolute Gasteiger partial charge is 0.144 e. The van der Waals surface area contributed by atoms with Crippen LogP contribution in [0.5, 0.6) is 0 Å². The lowest BCUT2D eigenvalue weighted by molar-refractivity contribution is -0.111. The van der Waals surface area contributed by atoms with Crippen molar-refractivity contribution < 1.29 is 4.79 Å². The maximum absolute atomic E-state index is 11.1. The lowest BCUT2D eigenvalue weighted by Gasteiger charge is -1.98. The van der Waals surface area contributed by atoms with Crippen molar-refractivity contribution in [3.8, 4) is 0 Å². The van der Waals surface area contributed by atoms with Gasteiger partial charge in [-0.1, -0.05) is 36.7 Å². The van der Waals surface area contributed by atoms with E-state index in [0.717, 1.165) is 5.56 Å². The minimum atomic E-state index is 0.0682. The summed E-state index contributed by atoms with van der Waals surface area (Å²) < 4.78 is 0. The number of hydrogen-bond acceptors (Lipinski definition) is 2. The van der Waals surface area contributed by atoms with Crippen LogP contribution in [-0.2, 0) is 4.79 Å². The Morgan fingerprint density at radius 2 is 1.73 bits per heavy atom. The molecule has 0 aliphatic heterocycles. The molecular weight excluding hydrogens is 210 g/mol. The molecule has 0 saturated heterocycles. The number of benzene rings is 1. The van der Waals surface area contributed by atoms with Crippen molar-refractivity contribution in [3.05, 3.63) is 34.9 Å². The first-order chi connectivity index (χ1) is 7.13. The van der Waals surface area contributed by atoms with Gasteiger partial charge in [-0.15, -0.1) is 0 Å². The molecular formula is C12H16ClNO. The average molecular weight is 226 g/mol. The van der Waals surface area contributed by atoms with Gasteiger partial charge in [-0.3, -0.25) is 4.79 Å². The van der Waals surface area contributed by atoms with Crippen LogP contribution < -0.4 is 5.32 Å². The number of rotatable bonds is 1. The third-order valence-corrected chi connectivity index (χ3v) is 2.73. The van der Waals surface area contributed by atoms with E-state index in [2.05, 4.69) is 5.32 Å². The van der Waals surface area contributed by atoms with Crippen molar-refractivity contribution in [1.82, 2.24) is 5.32 Å². The van der Waals surface area contributed by atoms with Crippen LogP contribution in [0.1, 0.15) is 18.4 Å². The highest BCUT2D eigenvalue weighted by Gasteiger charge is 2.46. The molecule has 1 aliphatic rings. The second-order valence-corrected chi connectivity index (χ2v) is 4.10. The number of halogens is 1. The van der Waals surface area contributed by atoms with E-state index in [-0.39, 0.29) is 11.8 Å². The Balaban J connectivity index is 0.000000337. The molecule has 0 radical (unpaired) electrons. The highest BCUT2D eigenvalue weighted by Crippen LogP contribution is 2.44. The van der Waals surface area contributed by atoms with E-state index in [4.69, 9.17) is 11.6 Å². The largest absolute Gasteiger partial charge is 0.323 e. The number of hydrogen-bond donors (Lipinski definition) is 1. The molecule has 15 heavy (non-hydrogen) atoms. The molecule has 0 heterocycles. The van der Waals surface area contributed by atoms with Gasteiger partial charge < -0.3 is 5.32 Å². The van der Waals surface area contributed by atoms with Gasteiger partial charge in [0.05, 0.1) is 5.92 Å². The van der Waals surface area contributed by atoms with Gasteiger partial charge in [0.15, 0.2) is 0 Å². The standard InChI is InChI=1S/C10H9ClO.C2H7N/c1-6-9(10(6)12)7-4-2-3-5-8(7)11;1-3-2/h2-6,9H,1H3;3H,1-2H3. The molecule has 1 saturated carbocycles. The Labute approximate surface area is 95.6 Å². The molecule has 0 amide bonds. The van der Waals surface area contributed by atoms with Crippen LogP contribution in [0.4, 0.5) is 0 Å². The lowest BCUT2D eigenvalue weighted by atomic mass is 10.1. The zero-order valence-corrected chi connectivity index (χ0v) is 10.0.